The molecule has 0 unspecified atom stereocenters. The molecule has 0 bridgehead atoms. The quantitative estimate of drug-likeness (QED) is 0.614. The Morgan fingerprint density at radius 1 is 1.16 bits per heavy atom. The van der Waals surface area contributed by atoms with Gasteiger partial charge >= 0.3 is 5.97 Å². The minimum absolute atomic E-state index is 0.0770. The summed E-state index contributed by atoms with van der Waals surface area (Å²) in [4.78, 5) is 16.2. The predicted octanol–water partition coefficient (Wildman–Crippen LogP) is 4.38. The molecule has 0 saturated carbocycles. The van der Waals surface area contributed by atoms with Gasteiger partial charge in [-0.3, -0.25) is 0 Å². The summed E-state index contributed by atoms with van der Waals surface area (Å²) in [6, 6.07) is 13.6. The average Bonchev–Trinajstić information content (AvgIpc) is 3.09. The van der Waals surface area contributed by atoms with Crippen LogP contribution in [0.1, 0.15) is 11.3 Å². The van der Waals surface area contributed by atoms with Crippen molar-refractivity contribution in [2.75, 3.05) is 6.61 Å². The number of nitrogens with zero attached hydrogens (tertiary/aromatic N) is 1. The molecular formula is C19H16FNO3S. The third kappa shape index (κ3) is 4.64. The van der Waals surface area contributed by atoms with Crippen LogP contribution < -0.4 is 4.74 Å². The van der Waals surface area contributed by atoms with E-state index in [1.54, 1.807) is 18.2 Å². The van der Waals surface area contributed by atoms with Crippen LogP contribution in [0.15, 0.2) is 53.9 Å². The number of rotatable bonds is 6. The van der Waals surface area contributed by atoms with Gasteiger partial charge in [0.1, 0.15) is 23.2 Å². The molecule has 2 aromatic carbocycles. The lowest BCUT2D eigenvalue weighted by Crippen LogP contribution is -2.15. The van der Waals surface area contributed by atoms with E-state index in [1.165, 1.54) is 23.5 Å². The van der Waals surface area contributed by atoms with Crippen molar-refractivity contribution in [3.63, 3.8) is 0 Å². The Bertz CT molecular complexity index is 861. The monoisotopic (exact) mass is 357 g/mol. The molecule has 0 radical (unpaired) electrons. The van der Waals surface area contributed by atoms with Crippen molar-refractivity contribution >= 4 is 17.3 Å². The van der Waals surface area contributed by atoms with Crippen LogP contribution in [0.4, 0.5) is 4.39 Å². The lowest BCUT2D eigenvalue weighted by molar-refractivity contribution is -0.147. The van der Waals surface area contributed by atoms with Crippen LogP contribution in [0.5, 0.6) is 5.75 Å². The van der Waals surface area contributed by atoms with Crippen molar-refractivity contribution in [1.29, 1.82) is 0 Å². The van der Waals surface area contributed by atoms with Gasteiger partial charge in [-0.15, -0.1) is 11.3 Å². The van der Waals surface area contributed by atoms with E-state index in [-0.39, 0.29) is 19.0 Å². The summed E-state index contributed by atoms with van der Waals surface area (Å²) in [5, 5.41) is 2.57. The molecular weight excluding hydrogens is 341 g/mol. The summed E-state index contributed by atoms with van der Waals surface area (Å²) in [5.41, 5.74) is 2.43. The van der Waals surface area contributed by atoms with Crippen molar-refractivity contribution in [3.8, 4) is 16.3 Å². The highest BCUT2D eigenvalue weighted by Gasteiger charge is 2.09. The zero-order valence-corrected chi connectivity index (χ0v) is 14.4. The topological polar surface area (TPSA) is 48.4 Å². The highest BCUT2D eigenvalue weighted by molar-refractivity contribution is 7.13. The zero-order chi connectivity index (χ0) is 17.6. The Hall–Kier alpha value is -2.73. The first-order valence-electron chi connectivity index (χ1n) is 7.66. The van der Waals surface area contributed by atoms with Gasteiger partial charge in [-0.2, -0.15) is 0 Å². The second kappa shape index (κ2) is 7.90. The maximum atomic E-state index is 13.0. The molecule has 0 fully saturated rings. The van der Waals surface area contributed by atoms with Gasteiger partial charge in [0.25, 0.3) is 0 Å². The smallest absolute Gasteiger partial charge is 0.344 e. The number of hydrogen-bond donors (Lipinski definition) is 0. The maximum absolute atomic E-state index is 13.0. The number of para-hydroxylation sites is 1. The van der Waals surface area contributed by atoms with E-state index >= 15 is 0 Å². The highest BCUT2D eigenvalue weighted by atomic mass is 32.1. The van der Waals surface area contributed by atoms with E-state index in [0.717, 1.165) is 16.1 Å². The summed E-state index contributed by atoms with van der Waals surface area (Å²) in [7, 11) is 0. The molecule has 0 N–H and O–H groups in total. The van der Waals surface area contributed by atoms with Crippen LogP contribution in [0.2, 0.25) is 0 Å². The van der Waals surface area contributed by atoms with Crippen LogP contribution in [-0.4, -0.2) is 17.6 Å². The van der Waals surface area contributed by atoms with E-state index in [1.807, 2.05) is 30.5 Å². The van der Waals surface area contributed by atoms with Crippen molar-refractivity contribution in [2.24, 2.45) is 0 Å². The van der Waals surface area contributed by atoms with Gasteiger partial charge in [0, 0.05) is 10.9 Å². The van der Waals surface area contributed by atoms with Gasteiger partial charge in [0.15, 0.2) is 6.61 Å². The first-order valence-corrected chi connectivity index (χ1v) is 8.54. The SMILES string of the molecule is Cc1ccccc1OCC(=O)OCc1csc(-c2ccc(F)cc2)n1. The molecule has 3 aromatic rings. The van der Waals surface area contributed by atoms with Crippen molar-refractivity contribution in [2.45, 2.75) is 13.5 Å². The lowest BCUT2D eigenvalue weighted by atomic mass is 10.2. The molecule has 0 aliphatic rings. The number of carbonyl (C=O) groups excluding carboxylic acids is 1. The average molecular weight is 357 g/mol. The fourth-order valence-corrected chi connectivity index (χ4v) is 2.96. The lowest BCUT2D eigenvalue weighted by Gasteiger charge is -2.08. The van der Waals surface area contributed by atoms with Crippen molar-refractivity contribution in [3.05, 3.63) is 71.0 Å². The third-order valence-electron chi connectivity index (χ3n) is 3.46. The predicted molar refractivity (Wildman–Crippen MR) is 94.0 cm³/mol. The molecule has 0 aliphatic carbocycles. The summed E-state index contributed by atoms with van der Waals surface area (Å²) in [6.07, 6.45) is 0. The Kier molecular flexibility index (Phi) is 5.40. The van der Waals surface area contributed by atoms with E-state index in [9.17, 15) is 9.18 Å². The first kappa shape index (κ1) is 17.1. The number of ether oxygens (including phenoxy) is 2. The minimum atomic E-state index is -0.459. The molecule has 0 atom stereocenters. The van der Waals surface area contributed by atoms with Crippen LogP contribution in [0.25, 0.3) is 10.6 Å². The number of aryl methyl sites for hydroxylation is 1. The molecule has 0 saturated heterocycles. The van der Waals surface area contributed by atoms with Gasteiger partial charge in [-0.1, -0.05) is 18.2 Å². The number of halogens is 1. The van der Waals surface area contributed by atoms with E-state index < -0.39 is 5.97 Å². The van der Waals surface area contributed by atoms with E-state index in [0.29, 0.717) is 11.4 Å². The molecule has 25 heavy (non-hydrogen) atoms. The molecule has 1 aromatic heterocycles. The maximum Gasteiger partial charge on any atom is 0.344 e. The van der Waals surface area contributed by atoms with Gasteiger partial charge in [0.2, 0.25) is 0 Å². The van der Waals surface area contributed by atoms with E-state index in [4.69, 9.17) is 9.47 Å². The second-order valence-corrected chi connectivity index (χ2v) is 6.22. The van der Waals surface area contributed by atoms with Crippen LogP contribution in [0, 0.1) is 12.7 Å². The summed E-state index contributed by atoms with van der Waals surface area (Å²) in [5.74, 6) is -0.0885. The van der Waals surface area contributed by atoms with Gasteiger partial charge in [-0.05, 0) is 42.8 Å². The minimum Gasteiger partial charge on any atom is -0.482 e. The standard InChI is InChI=1S/C19H16FNO3S/c1-13-4-2-3-5-17(13)23-11-18(22)24-10-16-12-25-19(21-16)14-6-8-15(20)9-7-14/h2-9,12H,10-11H2,1H3. The molecule has 6 heteroatoms. The largest absolute Gasteiger partial charge is 0.482 e. The number of benzene rings is 2. The summed E-state index contributed by atoms with van der Waals surface area (Å²) < 4.78 is 23.6. The number of thiazole rings is 1. The normalized spacial score (nSPS) is 10.5. The molecule has 128 valence electrons. The van der Waals surface area contributed by atoms with Gasteiger partial charge in [0.05, 0.1) is 5.69 Å². The van der Waals surface area contributed by atoms with Gasteiger partial charge < -0.3 is 9.47 Å². The molecule has 1 heterocycles. The molecule has 0 spiro atoms. The molecule has 0 amide bonds. The number of hydrogen-bond acceptors (Lipinski definition) is 5. The molecule has 3 rings (SSSR count). The zero-order valence-electron chi connectivity index (χ0n) is 13.6. The van der Waals surface area contributed by atoms with Crippen molar-refractivity contribution in [1.82, 2.24) is 4.98 Å². The first-order chi connectivity index (χ1) is 12.1. The second-order valence-electron chi connectivity index (χ2n) is 5.37. The Morgan fingerprint density at radius 3 is 2.68 bits per heavy atom. The molecule has 0 aliphatic heterocycles. The third-order valence-corrected chi connectivity index (χ3v) is 4.40. The van der Waals surface area contributed by atoms with Crippen LogP contribution in [-0.2, 0) is 16.1 Å². The fourth-order valence-electron chi connectivity index (χ4n) is 2.15. The number of aromatic nitrogens is 1. The van der Waals surface area contributed by atoms with Crippen LogP contribution >= 0.6 is 11.3 Å². The number of esters is 1. The Labute approximate surface area is 148 Å². The Balaban J connectivity index is 1.51. The van der Waals surface area contributed by atoms with Gasteiger partial charge in [-0.25, -0.2) is 14.2 Å². The van der Waals surface area contributed by atoms with Crippen molar-refractivity contribution < 1.29 is 18.7 Å². The highest BCUT2D eigenvalue weighted by Crippen LogP contribution is 2.24. The molecule has 4 nitrogen and oxygen atoms in total. The summed E-state index contributed by atoms with van der Waals surface area (Å²) in [6.45, 7) is 1.83. The number of carbonyl (C=O) groups is 1. The van der Waals surface area contributed by atoms with Crippen LogP contribution in [0.3, 0.4) is 0 Å². The summed E-state index contributed by atoms with van der Waals surface area (Å²) >= 11 is 1.42. The fraction of sp³-hybridized carbons (Fsp3) is 0.158. The van der Waals surface area contributed by atoms with E-state index in [2.05, 4.69) is 4.98 Å². The Morgan fingerprint density at radius 2 is 1.92 bits per heavy atom.